The van der Waals surface area contributed by atoms with Gasteiger partial charge in [-0.2, -0.15) is 0 Å². The van der Waals surface area contributed by atoms with E-state index < -0.39 is 0 Å². The predicted molar refractivity (Wildman–Crippen MR) is 116 cm³/mol. The normalized spacial score (nSPS) is 16.1. The maximum atomic E-state index is 6.30. The molecule has 0 unspecified atom stereocenters. The van der Waals surface area contributed by atoms with Gasteiger partial charge in [0.15, 0.2) is 0 Å². The first-order chi connectivity index (χ1) is 13.7. The molecule has 5 nitrogen and oxygen atoms in total. The zero-order valence-electron chi connectivity index (χ0n) is 19.5. The summed E-state index contributed by atoms with van der Waals surface area (Å²) in [5.41, 5.74) is 0. The van der Waals surface area contributed by atoms with Crippen LogP contribution in [0.3, 0.4) is 0 Å². The van der Waals surface area contributed by atoms with Crippen molar-refractivity contribution >= 4 is 0 Å². The van der Waals surface area contributed by atoms with Crippen LogP contribution in [0.2, 0.25) is 0 Å². The monoisotopic (exact) mass is 404 g/mol. The first kappa shape index (κ1) is 27.8. The van der Waals surface area contributed by atoms with Crippen LogP contribution in [0.25, 0.3) is 0 Å². The molecule has 0 N–H and O–H groups in total. The number of unbranched alkanes of at least 4 members (excludes halogenated alkanes) is 4. The van der Waals surface area contributed by atoms with Gasteiger partial charge in [0.25, 0.3) is 0 Å². The Hall–Kier alpha value is -0.200. The molecule has 0 radical (unpaired) electrons. The lowest BCUT2D eigenvalue weighted by Gasteiger charge is -2.36. The molecule has 0 aliphatic carbocycles. The van der Waals surface area contributed by atoms with Crippen molar-refractivity contribution in [1.82, 2.24) is 0 Å². The van der Waals surface area contributed by atoms with Crippen LogP contribution in [0, 0.1) is 0 Å². The average molecular weight is 405 g/mol. The first-order valence-electron chi connectivity index (χ1n) is 11.6. The molecule has 0 spiro atoms. The molecule has 0 aromatic carbocycles. The minimum atomic E-state index is -0.202. The zero-order chi connectivity index (χ0) is 21.0. The molecule has 0 aliphatic heterocycles. The Kier molecular flexibility index (Phi) is 19.9. The molecule has 0 saturated carbocycles. The summed E-state index contributed by atoms with van der Waals surface area (Å²) in [4.78, 5) is 0. The summed E-state index contributed by atoms with van der Waals surface area (Å²) in [7, 11) is 1.73. The lowest BCUT2D eigenvalue weighted by Crippen LogP contribution is -2.50. The van der Waals surface area contributed by atoms with Crippen LogP contribution in [0.5, 0.6) is 0 Å². The van der Waals surface area contributed by atoms with Gasteiger partial charge in [-0.25, -0.2) is 0 Å². The van der Waals surface area contributed by atoms with Gasteiger partial charge in [0.2, 0.25) is 0 Å². The van der Waals surface area contributed by atoms with Crippen molar-refractivity contribution in [2.45, 2.75) is 110 Å². The number of methoxy groups -OCH3 is 1. The predicted octanol–water partition coefficient (Wildman–Crippen LogP) is 5.39. The zero-order valence-corrected chi connectivity index (χ0v) is 19.5. The summed E-state index contributed by atoms with van der Waals surface area (Å²) in [6.07, 6.45) is 8.03. The van der Waals surface area contributed by atoms with Gasteiger partial charge in [-0.05, 0) is 32.6 Å². The van der Waals surface area contributed by atoms with Gasteiger partial charge in [0.05, 0.1) is 12.7 Å². The first-order valence-corrected chi connectivity index (χ1v) is 11.6. The van der Waals surface area contributed by atoms with Crippen molar-refractivity contribution in [1.29, 1.82) is 0 Å². The molecule has 4 atom stereocenters. The molecular formula is C23H48O5. The minimum absolute atomic E-state index is 0.0525. The van der Waals surface area contributed by atoms with Gasteiger partial charge < -0.3 is 23.7 Å². The van der Waals surface area contributed by atoms with E-state index in [0.717, 1.165) is 64.6 Å². The highest BCUT2D eigenvalue weighted by atomic mass is 16.6. The van der Waals surface area contributed by atoms with Crippen molar-refractivity contribution in [2.24, 2.45) is 0 Å². The van der Waals surface area contributed by atoms with Crippen LogP contribution in [-0.2, 0) is 23.7 Å². The van der Waals surface area contributed by atoms with Gasteiger partial charge in [-0.3, -0.25) is 0 Å². The topological polar surface area (TPSA) is 46.2 Å². The SMILES string of the molecule is CCCCOC[C@@H](OC)[C@@H](OCCCC)[C@H](OCCCC)[C@H](C)OCCCC. The van der Waals surface area contributed by atoms with E-state index in [1.807, 2.05) is 0 Å². The molecule has 0 amide bonds. The van der Waals surface area contributed by atoms with Crippen molar-refractivity contribution < 1.29 is 23.7 Å². The maximum absolute atomic E-state index is 6.30. The van der Waals surface area contributed by atoms with Gasteiger partial charge in [-0.15, -0.1) is 0 Å². The second-order valence-electron chi connectivity index (χ2n) is 7.51. The third-order valence-corrected chi connectivity index (χ3v) is 4.88. The third kappa shape index (κ3) is 13.1. The summed E-state index contributed by atoms with van der Waals surface area (Å²) < 4.78 is 30.4. The molecule has 0 rings (SSSR count). The lowest BCUT2D eigenvalue weighted by molar-refractivity contribution is -0.180. The fourth-order valence-electron chi connectivity index (χ4n) is 2.89. The summed E-state index contributed by atoms with van der Waals surface area (Å²) in [5.74, 6) is 0. The van der Waals surface area contributed by atoms with Crippen LogP contribution in [-0.4, -0.2) is 64.6 Å². The second kappa shape index (κ2) is 20.1. The number of hydrogen-bond donors (Lipinski definition) is 0. The standard InChI is InChI=1S/C23H48O5/c1-7-11-15-25-19-21(24-6)23(28-18-14-10-4)22(27-17-13-9-3)20(5)26-16-12-8-2/h20-23H,7-19H2,1-6H3/t20-,21+,22+,23+/m0/s1. The Morgan fingerprint density at radius 1 is 0.607 bits per heavy atom. The van der Waals surface area contributed by atoms with E-state index in [1.54, 1.807) is 7.11 Å². The average Bonchev–Trinajstić information content (AvgIpc) is 2.70. The summed E-state index contributed by atoms with van der Waals surface area (Å²) in [6, 6.07) is 0. The van der Waals surface area contributed by atoms with Gasteiger partial charge in [-0.1, -0.05) is 53.4 Å². The molecule has 0 aromatic rings. The molecule has 170 valence electrons. The van der Waals surface area contributed by atoms with Gasteiger partial charge in [0.1, 0.15) is 18.3 Å². The largest absolute Gasteiger partial charge is 0.379 e. The number of hydrogen-bond acceptors (Lipinski definition) is 5. The lowest BCUT2D eigenvalue weighted by atomic mass is 10.0. The molecule has 0 aliphatic rings. The highest BCUT2D eigenvalue weighted by molar-refractivity contribution is 4.84. The quantitative estimate of drug-likeness (QED) is 0.240. The van der Waals surface area contributed by atoms with Crippen LogP contribution in [0.4, 0.5) is 0 Å². The summed E-state index contributed by atoms with van der Waals surface area (Å²) in [6.45, 7) is 14.2. The summed E-state index contributed by atoms with van der Waals surface area (Å²) >= 11 is 0. The molecule has 0 aromatic heterocycles. The van der Waals surface area contributed by atoms with E-state index in [-0.39, 0.29) is 24.4 Å². The minimum Gasteiger partial charge on any atom is -0.379 e. The van der Waals surface area contributed by atoms with E-state index in [9.17, 15) is 0 Å². The summed E-state index contributed by atoms with van der Waals surface area (Å²) in [5, 5.41) is 0. The second-order valence-corrected chi connectivity index (χ2v) is 7.51. The van der Waals surface area contributed by atoms with Gasteiger partial charge >= 0.3 is 0 Å². The Morgan fingerprint density at radius 3 is 1.57 bits per heavy atom. The third-order valence-electron chi connectivity index (χ3n) is 4.88. The Balaban J connectivity index is 5.15. The molecule has 5 heteroatoms. The van der Waals surface area contributed by atoms with E-state index in [2.05, 4.69) is 34.6 Å². The molecule has 0 saturated heterocycles. The fourth-order valence-corrected chi connectivity index (χ4v) is 2.89. The Morgan fingerprint density at radius 2 is 1.07 bits per heavy atom. The van der Waals surface area contributed by atoms with E-state index in [0.29, 0.717) is 19.8 Å². The smallest absolute Gasteiger partial charge is 0.114 e. The highest BCUT2D eigenvalue weighted by Crippen LogP contribution is 2.20. The fraction of sp³-hybridized carbons (Fsp3) is 1.00. The van der Waals surface area contributed by atoms with E-state index in [1.165, 1.54) is 0 Å². The molecule has 0 heterocycles. The molecule has 0 fully saturated rings. The maximum Gasteiger partial charge on any atom is 0.114 e. The van der Waals surface area contributed by atoms with Crippen LogP contribution >= 0.6 is 0 Å². The Bertz CT molecular complexity index is 313. The van der Waals surface area contributed by atoms with Crippen molar-refractivity contribution in [3.63, 3.8) is 0 Å². The molecular weight excluding hydrogens is 356 g/mol. The van der Waals surface area contributed by atoms with Crippen molar-refractivity contribution in [3.05, 3.63) is 0 Å². The van der Waals surface area contributed by atoms with E-state index in [4.69, 9.17) is 23.7 Å². The molecule has 0 bridgehead atoms. The van der Waals surface area contributed by atoms with Crippen molar-refractivity contribution in [3.8, 4) is 0 Å². The van der Waals surface area contributed by atoms with Crippen LogP contribution in [0.1, 0.15) is 86.0 Å². The van der Waals surface area contributed by atoms with Crippen LogP contribution in [0.15, 0.2) is 0 Å². The Labute approximate surface area is 174 Å². The number of rotatable bonds is 21. The van der Waals surface area contributed by atoms with Crippen LogP contribution < -0.4 is 0 Å². The molecule has 28 heavy (non-hydrogen) atoms. The van der Waals surface area contributed by atoms with Gasteiger partial charge in [0, 0.05) is 33.5 Å². The van der Waals surface area contributed by atoms with Crippen molar-refractivity contribution in [2.75, 3.05) is 40.1 Å². The van der Waals surface area contributed by atoms with E-state index >= 15 is 0 Å². The number of ether oxygens (including phenoxy) is 5. The highest BCUT2D eigenvalue weighted by Gasteiger charge is 2.36.